The number of ether oxygens (including phenoxy) is 1. The number of nitrogens with zero attached hydrogens (tertiary/aromatic N) is 1. The van der Waals surface area contributed by atoms with Crippen LogP contribution < -0.4 is 16.2 Å². The van der Waals surface area contributed by atoms with Crippen LogP contribution in [-0.4, -0.2) is 36.0 Å². The Hall–Kier alpha value is -1.75. The number of nitrogen functional groups attached to an aromatic ring is 1. The lowest BCUT2D eigenvalue weighted by Gasteiger charge is -2.30. The molecular weight excluding hydrogens is 254 g/mol. The zero-order valence-electron chi connectivity index (χ0n) is 12.7. The van der Waals surface area contributed by atoms with Crippen LogP contribution in [0.5, 0.6) is 5.75 Å². The van der Waals surface area contributed by atoms with Crippen molar-refractivity contribution in [1.82, 2.24) is 4.90 Å². The summed E-state index contributed by atoms with van der Waals surface area (Å²) in [5, 5.41) is 0. The van der Waals surface area contributed by atoms with Crippen LogP contribution in [0.2, 0.25) is 0 Å². The van der Waals surface area contributed by atoms with E-state index < -0.39 is 5.91 Å². The predicted molar refractivity (Wildman–Crippen MR) is 81.8 cm³/mol. The van der Waals surface area contributed by atoms with E-state index in [9.17, 15) is 4.79 Å². The highest BCUT2D eigenvalue weighted by atomic mass is 16.5. The maximum absolute atomic E-state index is 11.4. The molecule has 0 fully saturated rings. The van der Waals surface area contributed by atoms with Crippen LogP contribution >= 0.6 is 0 Å². The molecule has 5 nitrogen and oxygen atoms in total. The summed E-state index contributed by atoms with van der Waals surface area (Å²) in [4.78, 5) is 13.7. The molecule has 0 radical (unpaired) electrons. The van der Waals surface area contributed by atoms with Gasteiger partial charge in [0.1, 0.15) is 12.4 Å². The van der Waals surface area contributed by atoms with E-state index in [4.69, 9.17) is 16.2 Å². The van der Waals surface area contributed by atoms with E-state index in [2.05, 4.69) is 32.6 Å². The van der Waals surface area contributed by atoms with Gasteiger partial charge in [-0.15, -0.1) is 0 Å². The molecule has 0 bridgehead atoms. The molecule has 0 saturated carbocycles. The van der Waals surface area contributed by atoms with Crippen molar-refractivity contribution in [3.63, 3.8) is 0 Å². The van der Waals surface area contributed by atoms with Crippen LogP contribution in [-0.2, 0) is 0 Å². The first kappa shape index (κ1) is 16.3. The zero-order valence-corrected chi connectivity index (χ0v) is 12.7. The molecule has 1 aromatic carbocycles. The molecule has 0 spiro atoms. The van der Waals surface area contributed by atoms with Crippen molar-refractivity contribution in [2.75, 3.05) is 18.9 Å². The smallest absolute Gasteiger partial charge is 0.252 e. The van der Waals surface area contributed by atoms with Crippen molar-refractivity contribution in [3.8, 4) is 5.75 Å². The number of hydrogen-bond acceptors (Lipinski definition) is 4. The summed E-state index contributed by atoms with van der Waals surface area (Å²) in [6.07, 6.45) is 0. The highest BCUT2D eigenvalue weighted by molar-refractivity contribution is 5.96. The fraction of sp³-hybridized carbons (Fsp3) is 0.533. The minimum absolute atomic E-state index is 0.325. The standard InChI is InChI=1S/C15H25N3O2/c1-10(2)18(11(3)4)7-8-20-14-6-5-12(16)9-13(14)15(17)19/h5-6,9-11H,7-8,16H2,1-4H3,(H2,17,19). The normalized spacial score (nSPS) is 11.3. The van der Waals surface area contributed by atoms with Gasteiger partial charge in [-0.1, -0.05) is 0 Å². The van der Waals surface area contributed by atoms with Gasteiger partial charge in [-0.05, 0) is 45.9 Å². The molecule has 1 rings (SSSR count). The third kappa shape index (κ3) is 4.42. The molecule has 1 amide bonds. The Morgan fingerprint density at radius 1 is 1.25 bits per heavy atom. The van der Waals surface area contributed by atoms with E-state index in [0.29, 0.717) is 35.7 Å². The molecule has 0 aliphatic rings. The number of hydrogen-bond donors (Lipinski definition) is 2. The lowest BCUT2D eigenvalue weighted by molar-refractivity contribution is 0.0993. The molecule has 5 heteroatoms. The molecular formula is C15H25N3O2. The Balaban J connectivity index is 2.68. The molecule has 0 heterocycles. The Morgan fingerprint density at radius 2 is 1.85 bits per heavy atom. The summed E-state index contributed by atoms with van der Waals surface area (Å²) in [6.45, 7) is 9.89. The third-order valence-electron chi connectivity index (χ3n) is 3.20. The predicted octanol–water partition coefficient (Wildman–Crippen LogP) is 1.87. The summed E-state index contributed by atoms with van der Waals surface area (Å²) in [5.74, 6) is -0.0453. The maximum atomic E-state index is 11.4. The number of carbonyl (C=O) groups is 1. The summed E-state index contributed by atoms with van der Waals surface area (Å²) in [6, 6.07) is 5.82. The summed E-state index contributed by atoms with van der Waals surface area (Å²) in [7, 11) is 0. The first-order valence-electron chi connectivity index (χ1n) is 6.90. The van der Waals surface area contributed by atoms with Crippen LogP contribution in [0, 0.1) is 0 Å². The summed E-state index contributed by atoms with van der Waals surface area (Å²) >= 11 is 0. The van der Waals surface area contributed by atoms with Crippen LogP contribution in [0.3, 0.4) is 0 Å². The Labute approximate surface area is 120 Å². The summed E-state index contributed by atoms with van der Waals surface area (Å²) < 4.78 is 5.69. The van der Waals surface area contributed by atoms with Gasteiger partial charge in [0.2, 0.25) is 0 Å². The minimum atomic E-state index is -0.531. The first-order chi connectivity index (χ1) is 9.32. The van der Waals surface area contributed by atoms with Crippen molar-refractivity contribution in [1.29, 1.82) is 0 Å². The number of rotatable bonds is 7. The third-order valence-corrected chi connectivity index (χ3v) is 3.20. The van der Waals surface area contributed by atoms with Gasteiger partial charge in [-0.3, -0.25) is 9.69 Å². The highest BCUT2D eigenvalue weighted by Crippen LogP contribution is 2.21. The van der Waals surface area contributed by atoms with E-state index in [1.165, 1.54) is 0 Å². The second kappa shape index (κ2) is 7.14. The van der Waals surface area contributed by atoms with Crippen molar-refractivity contribution in [3.05, 3.63) is 23.8 Å². The van der Waals surface area contributed by atoms with Crippen molar-refractivity contribution < 1.29 is 9.53 Å². The number of carbonyl (C=O) groups excluding carboxylic acids is 1. The van der Waals surface area contributed by atoms with Gasteiger partial charge in [0, 0.05) is 24.3 Å². The molecule has 4 N–H and O–H groups in total. The average molecular weight is 279 g/mol. The van der Waals surface area contributed by atoms with Crippen LogP contribution in [0.15, 0.2) is 18.2 Å². The van der Waals surface area contributed by atoms with Crippen LogP contribution in [0.4, 0.5) is 5.69 Å². The Kier molecular flexibility index (Phi) is 5.82. The molecule has 1 aromatic rings. The van der Waals surface area contributed by atoms with Crippen molar-refractivity contribution in [2.24, 2.45) is 5.73 Å². The van der Waals surface area contributed by atoms with Gasteiger partial charge in [0.05, 0.1) is 5.56 Å². The Morgan fingerprint density at radius 3 is 2.35 bits per heavy atom. The molecule has 0 aliphatic heterocycles. The number of amides is 1. The topological polar surface area (TPSA) is 81.6 Å². The molecule has 0 saturated heterocycles. The second-order valence-corrected chi connectivity index (χ2v) is 5.39. The van der Waals surface area contributed by atoms with Crippen molar-refractivity contribution in [2.45, 2.75) is 39.8 Å². The van der Waals surface area contributed by atoms with Crippen molar-refractivity contribution >= 4 is 11.6 Å². The van der Waals surface area contributed by atoms with Crippen LogP contribution in [0.25, 0.3) is 0 Å². The minimum Gasteiger partial charge on any atom is -0.491 e. The maximum Gasteiger partial charge on any atom is 0.252 e. The fourth-order valence-electron chi connectivity index (χ4n) is 2.24. The van der Waals surface area contributed by atoms with Gasteiger partial charge in [-0.25, -0.2) is 0 Å². The second-order valence-electron chi connectivity index (χ2n) is 5.39. The van der Waals surface area contributed by atoms with Gasteiger partial charge in [0.25, 0.3) is 5.91 Å². The van der Waals surface area contributed by atoms with Gasteiger partial charge in [-0.2, -0.15) is 0 Å². The number of benzene rings is 1. The average Bonchev–Trinajstić information content (AvgIpc) is 2.34. The molecule has 0 atom stereocenters. The monoisotopic (exact) mass is 279 g/mol. The molecule has 20 heavy (non-hydrogen) atoms. The van der Waals surface area contributed by atoms with Crippen LogP contribution in [0.1, 0.15) is 38.1 Å². The van der Waals surface area contributed by atoms with E-state index in [0.717, 1.165) is 6.54 Å². The zero-order chi connectivity index (χ0) is 15.3. The number of anilines is 1. The molecule has 0 aliphatic carbocycles. The number of primary amides is 1. The van der Waals surface area contributed by atoms with E-state index in [-0.39, 0.29) is 0 Å². The Bertz CT molecular complexity index is 450. The number of nitrogens with two attached hydrogens (primary N) is 2. The van der Waals surface area contributed by atoms with E-state index in [1.54, 1.807) is 18.2 Å². The quantitative estimate of drug-likeness (QED) is 0.746. The van der Waals surface area contributed by atoms with E-state index in [1.807, 2.05) is 0 Å². The lowest BCUT2D eigenvalue weighted by atomic mass is 10.1. The van der Waals surface area contributed by atoms with E-state index >= 15 is 0 Å². The van der Waals surface area contributed by atoms with Gasteiger partial charge < -0.3 is 16.2 Å². The highest BCUT2D eigenvalue weighted by Gasteiger charge is 2.14. The van der Waals surface area contributed by atoms with Gasteiger partial charge >= 0.3 is 0 Å². The lowest BCUT2D eigenvalue weighted by Crippen LogP contribution is -2.39. The van der Waals surface area contributed by atoms with Gasteiger partial charge in [0.15, 0.2) is 0 Å². The first-order valence-corrected chi connectivity index (χ1v) is 6.90. The molecule has 0 unspecified atom stereocenters. The fourth-order valence-corrected chi connectivity index (χ4v) is 2.24. The molecule has 112 valence electrons. The summed E-state index contributed by atoms with van der Waals surface area (Å²) in [5.41, 5.74) is 11.8. The largest absolute Gasteiger partial charge is 0.491 e. The molecule has 0 aromatic heterocycles. The SMILES string of the molecule is CC(C)N(CCOc1ccc(N)cc1C(N)=O)C(C)C.